The number of benzene rings is 3. The van der Waals surface area contributed by atoms with Crippen molar-refractivity contribution >= 4 is 33.5 Å². The van der Waals surface area contributed by atoms with Gasteiger partial charge in [-0.2, -0.15) is 5.10 Å². The number of hydrazone groups is 1. The van der Waals surface area contributed by atoms with E-state index in [0.29, 0.717) is 5.71 Å². The molecule has 0 radical (unpaired) electrons. The van der Waals surface area contributed by atoms with Gasteiger partial charge in [-0.05, 0) is 47.7 Å². The zero-order valence-corrected chi connectivity index (χ0v) is 15.0. The van der Waals surface area contributed by atoms with Crippen LogP contribution in [0.3, 0.4) is 0 Å². The molecule has 28 heavy (non-hydrogen) atoms. The van der Waals surface area contributed by atoms with Crippen molar-refractivity contribution in [1.82, 2.24) is 0 Å². The highest BCUT2D eigenvalue weighted by atomic mass is 16.6. The molecule has 1 N–H and O–H groups in total. The van der Waals surface area contributed by atoms with Gasteiger partial charge < -0.3 is 0 Å². The maximum absolute atomic E-state index is 11.3. The average Bonchev–Trinajstić information content (AvgIpc) is 3.11. The minimum absolute atomic E-state index is 0.0980. The standard InChI is InChI=1S/C20H16N4O4/c1-12(16-9-7-14-6-5-13-3-2-4-17(16)20(13)14)21-22-18-10-8-15(23(25)26)11-19(18)24(27)28/h2-4,7-11,22H,5-6H2,1H3/b21-12+. The number of anilines is 1. The van der Waals surface area contributed by atoms with Gasteiger partial charge in [0.1, 0.15) is 5.69 Å². The summed E-state index contributed by atoms with van der Waals surface area (Å²) in [5, 5.41) is 28.8. The lowest BCUT2D eigenvalue weighted by atomic mass is 9.98. The van der Waals surface area contributed by atoms with Crippen molar-refractivity contribution in [3.8, 4) is 0 Å². The number of nitrogens with zero attached hydrogens (tertiary/aromatic N) is 3. The van der Waals surface area contributed by atoms with Crippen molar-refractivity contribution in [2.45, 2.75) is 19.8 Å². The number of aryl methyl sites for hydroxylation is 2. The summed E-state index contributed by atoms with van der Waals surface area (Å²) in [5.41, 5.74) is 6.31. The summed E-state index contributed by atoms with van der Waals surface area (Å²) in [4.78, 5) is 20.8. The SMILES string of the molecule is C/C(=N\Nc1ccc([N+](=O)[O-])cc1[N+](=O)[O-])c1ccc2c3c(cccc13)CC2. The largest absolute Gasteiger partial charge is 0.301 e. The van der Waals surface area contributed by atoms with Gasteiger partial charge in [0.2, 0.25) is 0 Å². The van der Waals surface area contributed by atoms with Gasteiger partial charge in [0.25, 0.3) is 5.69 Å². The Kier molecular flexibility index (Phi) is 4.23. The molecule has 0 bridgehead atoms. The molecule has 0 saturated carbocycles. The first-order valence-electron chi connectivity index (χ1n) is 8.72. The smallest absolute Gasteiger partial charge is 0.271 e. The summed E-state index contributed by atoms with van der Waals surface area (Å²) in [6, 6.07) is 13.7. The van der Waals surface area contributed by atoms with Crippen LogP contribution in [0, 0.1) is 20.2 Å². The third-order valence-electron chi connectivity index (χ3n) is 5.00. The second kappa shape index (κ2) is 6.73. The fourth-order valence-electron chi connectivity index (χ4n) is 3.65. The van der Waals surface area contributed by atoms with E-state index in [4.69, 9.17) is 0 Å². The molecule has 140 valence electrons. The summed E-state index contributed by atoms with van der Waals surface area (Å²) in [6.45, 7) is 1.82. The number of hydrogen-bond acceptors (Lipinski definition) is 6. The number of nitro benzene ring substituents is 2. The minimum Gasteiger partial charge on any atom is -0.271 e. The van der Waals surface area contributed by atoms with Gasteiger partial charge >= 0.3 is 5.69 Å². The van der Waals surface area contributed by atoms with E-state index in [-0.39, 0.29) is 11.4 Å². The predicted octanol–water partition coefficient (Wildman–Crippen LogP) is 4.59. The van der Waals surface area contributed by atoms with Gasteiger partial charge in [-0.3, -0.25) is 25.7 Å². The van der Waals surface area contributed by atoms with Crippen molar-refractivity contribution in [3.05, 3.63) is 85.4 Å². The Labute approximate surface area is 159 Å². The molecule has 0 atom stereocenters. The quantitative estimate of drug-likeness (QED) is 0.398. The number of rotatable bonds is 5. The van der Waals surface area contributed by atoms with Gasteiger partial charge in [0.05, 0.1) is 21.6 Å². The Hall–Kier alpha value is -3.81. The van der Waals surface area contributed by atoms with E-state index in [0.717, 1.165) is 29.9 Å². The summed E-state index contributed by atoms with van der Waals surface area (Å²) >= 11 is 0. The van der Waals surface area contributed by atoms with Crippen molar-refractivity contribution in [1.29, 1.82) is 0 Å². The molecule has 8 nitrogen and oxygen atoms in total. The fraction of sp³-hybridized carbons (Fsp3) is 0.150. The van der Waals surface area contributed by atoms with Gasteiger partial charge in [-0.25, -0.2) is 0 Å². The molecule has 0 fully saturated rings. The molecule has 4 rings (SSSR count). The molecule has 3 aromatic rings. The summed E-state index contributed by atoms with van der Waals surface area (Å²) in [6.07, 6.45) is 2.05. The summed E-state index contributed by atoms with van der Waals surface area (Å²) in [7, 11) is 0. The molecule has 0 amide bonds. The third kappa shape index (κ3) is 2.94. The molecule has 0 heterocycles. The Morgan fingerprint density at radius 3 is 2.46 bits per heavy atom. The highest BCUT2D eigenvalue weighted by Gasteiger charge is 2.20. The van der Waals surface area contributed by atoms with Crippen LogP contribution >= 0.6 is 0 Å². The lowest BCUT2D eigenvalue weighted by molar-refractivity contribution is -0.393. The molecule has 0 saturated heterocycles. The van der Waals surface area contributed by atoms with E-state index in [9.17, 15) is 20.2 Å². The maximum atomic E-state index is 11.3. The highest BCUT2D eigenvalue weighted by Crippen LogP contribution is 2.33. The molecule has 8 heteroatoms. The van der Waals surface area contributed by atoms with E-state index >= 15 is 0 Å². The van der Waals surface area contributed by atoms with E-state index < -0.39 is 15.5 Å². The predicted molar refractivity (Wildman–Crippen MR) is 107 cm³/mol. The second-order valence-electron chi connectivity index (χ2n) is 6.64. The monoisotopic (exact) mass is 376 g/mol. The molecule has 1 aliphatic rings. The van der Waals surface area contributed by atoms with Crippen LogP contribution in [0.1, 0.15) is 23.6 Å². The summed E-state index contributed by atoms with van der Waals surface area (Å²) < 4.78 is 0. The van der Waals surface area contributed by atoms with Gasteiger partial charge in [0.15, 0.2) is 0 Å². The topological polar surface area (TPSA) is 111 Å². The fourth-order valence-corrected chi connectivity index (χ4v) is 3.65. The lowest BCUT2D eigenvalue weighted by Gasteiger charge is -2.09. The minimum atomic E-state index is -0.669. The number of non-ortho nitro benzene ring substituents is 1. The summed E-state index contributed by atoms with van der Waals surface area (Å²) in [5.74, 6) is 0. The third-order valence-corrected chi connectivity index (χ3v) is 5.00. The van der Waals surface area contributed by atoms with Crippen LogP contribution in [0.5, 0.6) is 0 Å². The highest BCUT2D eigenvalue weighted by molar-refractivity contribution is 6.11. The normalized spacial score (nSPS) is 13.0. The van der Waals surface area contributed by atoms with Crippen LogP contribution in [-0.4, -0.2) is 15.6 Å². The van der Waals surface area contributed by atoms with Crippen LogP contribution in [0.25, 0.3) is 10.8 Å². The first kappa shape index (κ1) is 17.6. The van der Waals surface area contributed by atoms with Crippen molar-refractivity contribution in [2.24, 2.45) is 5.10 Å². The van der Waals surface area contributed by atoms with Gasteiger partial charge in [0, 0.05) is 11.6 Å². The molecule has 0 aromatic heterocycles. The first-order chi connectivity index (χ1) is 13.5. The molecule has 1 aliphatic carbocycles. The second-order valence-corrected chi connectivity index (χ2v) is 6.64. The first-order valence-corrected chi connectivity index (χ1v) is 8.72. The van der Waals surface area contributed by atoms with Gasteiger partial charge in [-0.1, -0.05) is 30.3 Å². The van der Waals surface area contributed by atoms with E-state index in [2.05, 4.69) is 28.7 Å². The van der Waals surface area contributed by atoms with Crippen LogP contribution in [0.2, 0.25) is 0 Å². The zero-order chi connectivity index (χ0) is 19.8. The Morgan fingerprint density at radius 2 is 1.75 bits per heavy atom. The van der Waals surface area contributed by atoms with Crippen LogP contribution < -0.4 is 5.43 Å². The number of nitro groups is 2. The molecule has 0 spiro atoms. The Bertz CT molecular complexity index is 1160. The van der Waals surface area contributed by atoms with E-state index in [1.54, 1.807) is 0 Å². The molecule has 0 unspecified atom stereocenters. The Balaban J connectivity index is 1.71. The number of hydrogen-bond donors (Lipinski definition) is 1. The lowest BCUT2D eigenvalue weighted by Crippen LogP contribution is -2.03. The van der Waals surface area contributed by atoms with Crippen molar-refractivity contribution in [2.75, 3.05) is 5.43 Å². The molecular formula is C20H16N4O4. The molecular weight excluding hydrogens is 360 g/mol. The van der Waals surface area contributed by atoms with Gasteiger partial charge in [-0.15, -0.1) is 0 Å². The van der Waals surface area contributed by atoms with E-state index in [1.807, 2.05) is 19.1 Å². The van der Waals surface area contributed by atoms with Crippen molar-refractivity contribution < 1.29 is 9.85 Å². The average molecular weight is 376 g/mol. The molecule has 3 aromatic carbocycles. The maximum Gasteiger partial charge on any atom is 0.301 e. The molecule has 0 aliphatic heterocycles. The van der Waals surface area contributed by atoms with E-state index in [1.165, 1.54) is 28.6 Å². The number of nitrogens with one attached hydrogen (secondary N) is 1. The Morgan fingerprint density at radius 1 is 1.00 bits per heavy atom. The zero-order valence-electron chi connectivity index (χ0n) is 15.0. The van der Waals surface area contributed by atoms with Crippen molar-refractivity contribution in [3.63, 3.8) is 0 Å². The van der Waals surface area contributed by atoms with Crippen LogP contribution in [-0.2, 0) is 12.8 Å². The van der Waals surface area contributed by atoms with Crippen LogP contribution in [0.4, 0.5) is 17.1 Å². The van der Waals surface area contributed by atoms with Crippen LogP contribution in [0.15, 0.2) is 53.6 Å².